The summed E-state index contributed by atoms with van der Waals surface area (Å²) in [6, 6.07) is 20.9. The molecule has 0 bridgehead atoms. The summed E-state index contributed by atoms with van der Waals surface area (Å²) in [7, 11) is 0. The smallest absolute Gasteiger partial charge is 0.267 e. The van der Waals surface area contributed by atoms with Crippen LogP contribution in [0, 0.1) is 0 Å². The van der Waals surface area contributed by atoms with E-state index in [1.54, 1.807) is 4.57 Å². The van der Waals surface area contributed by atoms with Crippen molar-refractivity contribution in [2.45, 2.75) is 24.3 Å². The minimum atomic E-state index is -0.129. The normalized spacial score (nSPS) is 11.5. The van der Waals surface area contributed by atoms with Crippen LogP contribution in [0.1, 0.15) is 18.1 Å². The second-order valence-electron chi connectivity index (χ2n) is 7.28. The number of benzene rings is 3. The molecule has 3 aromatic carbocycles. The molecule has 0 N–H and O–H groups in total. The molecular formula is C24H18Cl2N4OS. The first-order valence-corrected chi connectivity index (χ1v) is 11.9. The molecule has 0 radical (unpaired) electrons. The summed E-state index contributed by atoms with van der Waals surface area (Å²) in [6.07, 6.45) is 0.929. The van der Waals surface area contributed by atoms with Crippen LogP contribution in [0.25, 0.3) is 22.4 Å². The predicted octanol–water partition coefficient (Wildman–Crippen LogP) is 6.19. The lowest BCUT2D eigenvalue weighted by atomic mass is 10.1. The first-order valence-electron chi connectivity index (χ1n) is 10.1. The zero-order valence-corrected chi connectivity index (χ0v) is 19.5. The van der Waals surface area contributed by atoms with E-state index in [9.17, 15) is 4.79 Å². The average Bonchev–Trinajstić information content (AvgIpc) is 3.23. The highest BCUT2D eigenvalue weighted by molar-refractivity contribution is 7.98. The Balaban J connectivity index is 1.70. The minimum Gasteiger partial charge on any atom is -0.268 e. The van der Waals surface area contributed by atoms with Crippen molar-refractivity contribution in [3.05, 3.63) is 98.3 Å². The molecule has 2 heterocycles. The molecule has 0 aliphatic carbocycles. The maximum atomic E-state index is 13.4. The van der Waals surface area contributed by atoms with Crippen LogP contribution in [0.3, 0.4) is 0 Å². The fraction of sp³-hybridized carbons (Fsp3) is 0.125. The van der Waals surface area contributed by atoms with Crippen LogP contribution in [0.5, 0.6) is 0 Å². The average molecular weight is 481 g/mol. The summed E-state index contributed by atoms with van der Waals surface area (Å²) >= 11 is 14.2. The van der Waals surface area contributed by atoms with Gasteiger partial charge in [0, 0.05) is 15.8 Å². The van der Waals surface area contributed by atoms with Gasteiger partial charge in [0.2, 0.25) is 5.78 Å². The number of hydrogen-bond donors (Lipinski definition) is 0. The molecule has 0 spiro atoms. The summed E-state index contributed by atoms with van der Waals surface area (Å²) in [5, 5.41) is 11.3. The quantitative estimate of drug-likeness (QED) is 0.281. The Bertz CT molecular complexity index is 1490. The van der Waals surface area contributed by atoms with E-state index in [4.69, 9.17) is 23.2 Å². The third-order valence-electron chi connectivity index (χ3n) is 5.40. The van der Waals surface area contributed by atoms with E-state index < -0.39 is 0 Å². The molecule has 0 amide bonds. The van der Waals surface area contributed by atoms with Crippen molar-refractivity contribution in [3.8, 4) is 5.69 Å². The van der Waals surface area contributed by atoms with Gasteiger partial charge in [-0.05, 0) is 53.9 Å². The van der Waals surface area contributed by atoms with E-state index in [0.717, 1.165) is 23.2 Å². The number of hydrogen-bond acceptors (Lipinski definition) is 4. The molecule has 0 unspecified atom stereocenters. The monoisotopic (exact) mass is 480 g/mol. The largest absolute Gasteiger partial charge is 0.268 e. The van der Waals surface area contributed by atoms with Gasteiger partial charge >= 0.3 is 0 Å². The topological polar surface area (TPSA) is 52.2 Å². The Morgan fingerprint density at radius 2 is 1.62 bits per heavy atom. The lowest BCUT2D eigenvalue weighted by Crippen LogP contribution is -2.21. The highest BCUT2D eigenvalue weighted by Gasteiger charge is 2.18. The molecule has 5 aromatic rings. The molecule has 5 nitrogen and oxygen atoms in total. The van der Waals surface area contributed by atoms with E-state index in [-0.39, 0.29) is 5.56 Å². The van der Waals surface area contributed by atoms with Crippen molar-refractivity contribution >= 4 is 51.6 Å². The van der Waals surface area contributed by atoms with Crippen LogP contribution in [0.4, 0.5) is 0 Å². The number of thioether (sulfide) groups is 1. The molecule has 0 aliphatic rings. The van der Waals surface area contributed by atoms with Crippen LogP contribution in [-0.4, -0.2) is 19.2 Å². The third-order valence-corrected chi connectivity index (χ3v) is 7.07. The molecule has 0 saturated heterocycles. The fourth-order valence-electron chi connectivity index (χ4n) is 3.69. The van der Waals surface area contributed by atoms with E-state index >= 15 is 0 Å². The third kappa shape index (κ3) is 3.58. The van der Waals surface area contributed by atoms with Gasteiger partial charge in [0.15, 0.2) is 5.16 Å². The van der Waals surface area contributed by atoms with Crippen LogP contribution in [0.2, 0.25) is 10.0 Å². The zero-order chi connectivity index (χ0) is 22.2. The van der Waals surface area contributed by atoms with Gasteiger partial charge in [0.25, 0.3) is 5.56 Å². The molecule has 0 atom stereocenters. The molecule has 32 heavy (non-hydrogen) atoms. The van der Waals surface area contributed by atoms with Gasteiger partial charge in [0.05, 0.1) is 16.6 Å². The van der Waals surface area contributed by atoms with Gasteiger partial charge in [0.1, 0.15) is 0 Å². The van der Waals surface area contributed by atoms with E-state index in [1.165, 1.54) is 17.3 Å². The Hall–Kier alpha value is -2.80. The standard InChI is InChI=1S/C24H18Cl2N4OS/c1-2-15-10-12-16(13-11-15)29-22(31)17-6-3-4-9-21(17)30-23(29)27-28-24(30)32-14-18-19(25)7-5-8-20(18)26/h3-13H,2,14H2,1H3. The Morgan fingerprint density at radius 1 is 0.906 bits per heavy atom. The van der Waals surface area contributed by atoms with Crippen LogP contribution >= 0.6 is 35.0 Å². The van der Waals surface area contributed by atoms with Gasteiger partial charge in [-0.3, -0.25) is 9.20 Å². The number of para-hydroxylation sites is 1. The number of rotatable bonds is 5. The fourth-order valence-corrected chi connectivity index (χ4v) is 5.37. The van der Waals surface area contributed by atoms with E-state index in [2.05, 4.69) is 17.1 Å². The number of halogens is 2. The van der Waals surface area contributed by atoms with Gasteiger partial charge in [-0.1, -0.05) is 72.2 Å². The highest BCUT2D eigenvalue weighted by Crippen LogP contribution is 2.32. The SMILES string of the molecule is CCc1ccc(-n2c(=O)c3ccccc3n3c(SCc4c(Cl)cccc4Cl)nnc23)cc1. The first-order chi connectivity index (χ1) is 15.6. The van der Waals surface area contributed by atoms with Gasteiger partial charge in [-0.25, -0.2) is 4.57 Å². The number of aryl methyl sites for hydroxylation is 1. The van der Waals surface area contributed by atoms with Crippen LogP contribution in [-0.2, 0) is 12.2 Å². The molecule has 0 fully saturated rings. The maximum Gasteiger partial charge on any atom is 0.267 e. The second kappa shape index (κ2) is 8.62. The van der Waals surface area contributed by atoms with Gasteiger partial charge in [-0.15, -0.1) is 10.2 Å². The molecule has 8 heteroatoms. The van der Waals surface area contributed by atoms with Crippen molar-refractivity contribution in [1.82, 2.24) is 19.2 Å². The maximum absolute atomic E-state index is 13.4. The van der Waals surface area contributed by atoms with E-state index in [1.807, 2.05) is 71.1 Å². The second-order valence-corrected chi connectivity index (χ2v) is 9.04. The molecular weight excluding hydrogens is 463 g/mol. The molecule has 2 aromatic heterocycles. The van der Waals surface area contributed by atoms with Crippen molar-refractivity contribution in [2.75, 3.05) is 0 Å². The summed E-state index contributed by atoms with van der Waals surface area (Å²) < 4.78 is 3.53. The number of nitrogens with zero attached hydrogens (tertiary/aromatic N) is 4. The highest BCUT2D eigenvalue weighted by atomic mass is 35.5. The van der Waals surface area contributed by atoms with Crippen LogP contribution in [0.15, 0.2) is 76.7 Å². The van der Waals surface area contributed by atoms with E-state index in [0.29, 0.717) is 32.1 Å². The zero-order valence-electron chi connectivity index (χ0n) is 17.1. The van der Waals surface area contributed by atoms with Crippen LogP contribution < -0.4 is 5.56 Å². The summed E-state index contributed by atoms with van der Waals surface area (Å²) in [5.41, 5.74) is 3.42. The Morgan fingerprint density at radius 3 is 2.34 bits per heavy atom. The summed E-state index contributed by atoms with van der Waals surface area (Å²) in [4.78, 5) is 13.4. The van der Waals surface area contributed by atoms with Gasteiger partial charge in [-0.2, -0.15) is 0 Å². The summed E-state index contributed by atoms with van der Waals surface area (Å²) in [5.74, 6) is 0.989. The Kier molecular flexibility index (Phi) is 5.67. The lowest BCUT2D eigenvalue weighted by Gasteiger charge is -2.12. The van der Waals surface area contributed by atoms with Gasteiger partial charge < -0.3 is 0 Å². The van der Waals surface area contributed by atoms with Crippen molar-refractivity contribution in [3.63, 3.8) is 0 Å². The summed E-state index contributed by atoms with van der Waals surface area (Å²) in [6.45, 7) is 2.10. The first kappa shape index (κ1) is 21.1. The molecule has 0 aliphatic heterocycles. The predicted molar refractivity (Wildman–Crippen MR) is 131 cm³/mol. The van der Waals surface area contributed by atoms with Crippen molar-refractivity contribution in [2.24, 2.45) is 0 Å². The Labute approximate surface area is 198 Å². The van der Waals surface area contributed by atoms with Crippen molar-refractivity contribution < 1.29 is 0 Å². The number of aromatic nitrogens is 4. The van der Waals surface area contributed by atoms with Crippen molar-refractivity contribution in [1.29, 1.82) is 0 Å². The minimum absolute atomic E-state index is 0.129. The number of fused-ring (bicyclic) bond motifs is 3. The molecule has 0 saturated carbocycles. The lowest BCUT2D eigenvalue weighted by molar-refractivity contribution is 0.930. The molecule has 5 rings (SSSR count). The molecule has 160 valence electrons.